The fourth-order valence-electron chi connectivity index (χ4n) is 1.96. The number of methoxy groups -OCH3 is 1. The summed E-state index contributed by atoms with van der Waals surface area (Å²) in [5, 5.41) is 0. The lowest BCUT2D eigenvalue weighted by Crippen LogP contribution is -2.28. The minimum absolute atomic E-state index is 0.125. The van der Waals surface area contributed by atoms with Gasteiger partial charge in [0.1, 0.15) is 5.75 Å². The van der Waals surface area contributed by atoms with E-state index in [9.17, 15) is 0 Å². The minimum Gasteiger partial charge on any atom is -0.497 e. The number of hydrogen-bond acceptors (Lipinski definition) is 2. The zero-order valence-electron chi connectivity index (χ0n) is 10.1. The largest absolute Gasteiger partial charge is 0.497 e. The number of rotatable bonds is 4. The standard InChI is InChI=1S/C13H21NO/c1-10(14)9-13(2,3)11-5-7-12(15-4)8-6-11/h5-8,10H,9,14H2,1-4H3/t10-/m1/s1. The molecule has 1 aromatic rings. The van der Waals surface area contributed by atoms with Gasteiger partial charge in [-0.05, 0) is 36.5 Å². The molecule has 0 spiro atoms. The van der Waals surface area contributed by atoms with Gasteiger partial charge in [-0.25, -0.2) is 0 Å². The Labute approximate surface area is 92.4 Å². The molecule has 0 unspecified atom stereocenters. The van der Waals surface area contributed by atoms with Crippen LogP contribution < -0.4 is 10.5 Å². The van der Waals surface area contributed by atoms with Crippen molar-refractivity contribution in [1.82, 2.24) is 0 Å². The van der Waals surface area contributed by atoms with Crippen molar-refractivity contribution < 1.29 is 4.74 Å². The van der Waals surface area contributed by atoms with Crippen LogP contribution in [-0.4, -0.2) is 13.2 Å². The molecule has 0 bridgehead atoms. The van der Waals surface area contributed by atoms with Crippen molar-refractivity contribution in [2.45, 2.75) is 38.6 Å². The van der Waals surface area contributed by atoms with E-state index in [1.807, 2.05) is 19.1 Å². The molecule has 0 aliphatic carbocycles. The summed E-state index contributed by atoms with van der Waals surface area (Å²) in [5.41, 5.74) is 7.28. The monoisotopic (exact) mass is 207 g/mol. The van der Waals surface area contributed by atoms with Crippen LogP contribution >= 0.6 is 0 Å². The maximum absolute atomic E-state index is 5.85. The highest BCUT2D eigenvalue weighted by Gasteiger charge is 2.21. The Morgan fingerprint density at radius 3 is 2.20 bits per heavy atom. The third-order valence-corrected chi connectivity index (χ3v) is 2.70. The summed E-state index contributed by atoms with van der Waals surface area (Å²) in [7, 11) is 1.68. The van der Waals surface area contributed by atoms with Crippen molar-refractivity contribution >= 4 is 0 Å². The molecule has 2 nitrogen and oxygen atoms in total. The maximum atomic E-state index is 5.85. The van der Waals surface area contributed by atoms with Gasteiger partial charge in [0.25, 0.3) is 0 Å². The third-order valence-electron chi connectivity index (χ3n) is 2.70. The SMILES string of the molecule is COc1ccc(C(C)(C)C[C@@H](C)N)cc1. The molecule has 0 fully saturated rings. The first-order chi connectivity index (χ1) is 6.95. The van der Waals surface area contributed by atoms with Gasteiger partial charge in [-0.3, -0.25) is 0 Å². The van der Waals surface area contributed by atoms with Crippen molar-refractivity contribution in [2.24, 2.45) is 5.73 Å². The van der Waals surface area contributed by atoms with Crippen LogP contribution in [0.2, 0.25) is 0 Å². The van der Waals surface area contributed by atoms with Gasteiger partial charge in [-0.2, -0.15) is 0 Å². The molecule has 0 aromatic heterocycles. The lowest BCUT2D eigenvalue weighted by atomic mass is 9.79. The summed E-state index contributed by atoms with van der Waals surface area (Å²) in [5.74, 6) is 0.898. The molecule has 0 heterocycles. The Balaban J connectivity index is 2.85. The number of hydrogen-bond donors (Lipinski definition) is 1. The Morgan fingerprint density at radius 2 is 1.80 bits per heavy atom. The summed E-state index contributed by atoms with van der Waals surface area (Å²) in [6.45, 7) is 6.49. The van der Waals surface area contributed by atoms with Crippen LogP contribution in [-0.2, 0) is 5.41 Å². The van der Waals surface area contributed by atoms with Crippen molar-refractivity contribution in [3.8, 4) is 5.75 Å². The highest BCUT2D eigenvalue weighted by Crippen LogP contribution is 2.29. The van der Waals surface area contributed by atoms with Crippen LogP contribution in [0.1, 0.15) is 32.8 Å². The zero-order chi connectivity index (χ0) is 11.5. The second-order valence-corrected chi connectivity index (χ2v) is 4.79. The molecule has 15 heavy (non-hydrogen) atoms. The molecular weight excluding hydrogens is 186 g/mol. The van der Waals surface area contributed by atoms with Gasteiger partial charge in [0.2, 0.25) is 0 Å². The number of nitrogens with two attached hydrogens (primary N) is 1. The van der Waals surface area contributed by atoms with E-state index in [4.69, 9.17) is 10.5 Å². The van der Waals surface area contributed by atoms with Gasteiger partial charge in [-0.1, -0.05) is 26.0 Å². The fourth-order valence-corrected chi connectivity index (χ4v) is 1.96. The average Bonchev–Trinajstić information content (AvgIpc) is 2.16. The molecule has 0 saturated carbocycles. The van der Waals surface area contributed by atoms with Gasteiger partial charge in [0.05, 0.1) is 7.11 Å². The quantitative estimate of drug-likeness (QED) is 0.824. The molecular formula is C13H21NO. The average molecular weight is 207 g/mol. The Morgan fingerprint density at radius 1 is 1.27 bits per heavy atom. The first kappa shape index (κ1) is 12.1. The van der Waals surface area contributed by atoms with E-state index in [0.717, 1.165) is 12.2 Å². The predicted octanol–water partition coefficient (Wildman–Crippen LogP) is 2.71. The Kier molecular flexibility index (Phi) is 3.75. The molecule has 0 aliphatic rings. The molecule has 0 saturated heterocycles. The van der Waals surface area contributed by atoms with Gasteiger partial charge in [-0.15, -0.1) is 0 Å². The smallest absolute Gasteiger partial charge is 0.118 e. The normalized spacial score (nSPS) is 13.7. The van der Waals surface area contributed by atoms with Crippen LogP contribution in [0.5, 0.6) is 5.75 Å². The first-order valence-corrected chi connectivity index (χ1v) is 5.36. The van der Waals surface area contributed by atoms with Crippen molar-refractivity contribution in [3.05, 3.63) is 29.8 Å². The molecule has 1 aromatic carbocycles. The van der Waals surface area contributed by atoms with E-state index in [0.29, 0.717) is 0 Å². The van der Waals surface area contributed by atoms with Gasteiger partial charge in [0, 0.05) is 6.04 Å². The van der Waals surface area contributed by atoms with E-state index in [1.54, 1.807) is 7.11 Å². The van der Waals surface area contributed by atoms with Crippen molar-refractivity contribution in [3.63, 3.8) is 0 Å². The molecule has 84 valence electrons. The summed E-state index contributed by atoms with van der Waals surface area (Å²) in [4.78, 5) is 0. The van der Waals surface area contributed by atoms with E-state index >= 15 is 0 Å². The highest BCUT2D eigenvalue weighted by atomic mass is 16.5. The maximum Gasteiger partial charge on any atom is 0.118 e. The molecule has 2 heteroatoms. The predicted molar refractivity (Wildman–Crippen MR) is 64.3 cm³/mol. The minimum atomic E-state index is 0.125. The molecule has 0 radical (unpaired) electrons. The molecule has 2 N–H and O–H groups in total. The second kappa shape index (κ2) is 4.67. The zero-order valence-corrected chi connectivity index (χ0v) is 10.1. The van der Waals surface area contributed by atoms with Crippen LogP contribution in [0.15, 0.2) is 24.3 Å². The Bertz CT molecular complexity index is 301. The summed E-state index contributed by atoms with van der Waals surface area (Å²) < 4.78 is 5.14. The summed E-state index contributed by atoms with van der Waals surface area (Å²) >= 11 is 0. The number of benzene rings is 1. The summed E-state index contributed by atoms with van der Waals surface area (Å²) in [6, 6.07) is 8.45. The van der Waals surface area contributed by atoms with Crippen LogP contribution in [0.25, 0.3) is 0 Å². The summed E-state index contributed by atoms with van der Waals surface area (Å²) in [6.07, 6.45) is 0.985. The van der Waals surface area contributed by atoms with Crippen LogP contribution in [0, 0.1) is 0 Å². The van der Waals surface area contributed by atoms with Gasteiger partial charge >= 0.3 is 0 Å². The molecule has 0 amide bonds. The van der Waals surface area contributed by atoms with Crippen molar-refractivity contribution in [1.29, 1.82) is 0 Å². The fraction of sp³-hybridized carbons (Fsp3) is 0.538. The van der Waals surface area contributed by atoms with Gasteiger partial charge < -0.3 is 10.5 Å². The Hall–Kier alpha value is -1.02. The lowest BCUT2D eigenvalue weighted by Gasteiger charge is -2.27. The highest BCUT2D eigenvalue weighted by molar-refractivity contribution is 5.31. The van der Waals surface area contributed by atoms with E-state index < -0.39 is 0 Å². The third kappa shape index (κ3) is 3.24. The number of ether oxygens (including phenoxy) is 1. The second-order valence-electron chi connectivity index (χ2n) is 4.79. The van der Waals surface area contributed by atoms with Crippen LogP contribution in [0.3, 0.4) is 0 Å². The lowest BCUT2D eigenvalue weighted by molar-refractivity contribution is 0.411. The van der Waals surface area contributed by atoms with E-state index in [1.165, 1.54) is 5.56 Å². The topological polar surface area (TPSA) is 35.2 Å². The molecule has 0 aliphatic heterocycles. The van der Waals surface area contributed by atoms with E-state index in [-0.39, 0.29) is 11.5 Å². The van der Waals surface area contributed by atoms with Crippen LogP contribution in [0.4, 0.5) is 0 Å². The van der Waals surface area contributed by atoms with E-state index in [2.05, 4.69) is 26.0 Å². The first-order valence-electron chi connectivity index (χ1n) is 5.36. The molecule has 1 atom stereocenters. The molecule has 1 rings (SSSR count). The van der Waals surface area contributed by atoms with Gasteiger partial charge in [0.15, 0.2) is 0 Å². The van der Waals surface area contributed by atoms with Crippen molar-refractivity contribution in [2.75, 3.05) is 7.11 Å².